The summed E-state index contributed by atoms with van der Waals surface area (Å²) in [5, 5.41) is 2.76. The standard InChI is InChI=1S/C20H13F3N4O/c21-20(22,23)15-6-1-4-13(10-15)17-12-27-9-3-7-16(18(27)25-17)26-19(28)14-5-2-8-24-11-14/h1-12H,(H,26,28). The van der Waals surface area contributed by atoms with Crippen molar-refractivity contribution in [3.63, 3.8) is 0 Å². The number of rotatable bonds is 3. The minimum absolute atomic E-state index is 0.336. The molecule has 0 bridgehead atoms. The molecule has 0 spiro atoms. The molecule has 1 N–H and O–H groups in total. The third-order valence-electron chi connectivity index (χ3n) is 4.14. The minimum Gasteiger partial charge on any atom is -0.319 e. The second-order valence-corrected chi connectivity index (χ2v) is 6.05. The van der Waals surface area contributed by atoms with E-state index in [9.17, 15) is 18.0 Å². The van der Waals surface area contributed by atoms with E-state index < -0.39 is 11.7 Å². The molecule has 3 aromatic heterocycles. The van der Waals surface area contributed by atoms with Gasteiger partial charge in [0.2, 0.25) is 0 Å². The molecule has 28 heavy (non-hydrogen) atoms. The molecule has 0 radical (unpaired) electrons. The number of alkyl halides is 3. The average Bonchev–Trinajstić information content (AvgIpc) is 3.13. The van der Waals surface area contributed by atoms with Crippen molar-refractivity contribution in [1.29, 1.82) is 0 Å². The molecule has 0 aliphatic heterocycles. The van der Waals surface area contributed by atoms with Crippen molar-refractivity contribution in [3.05, 3.63) is 84.4 Å². The zero-order chi connectivity index (χ0) is 19.7. The first-order chi connectivity index (χ1) is 13.4. The molecule has 0 fully saturated rings. The van der Waals surface area contributed by atoms with Gasteiger partial charge in [-0.3, -0.25) is 9.78 Å². The van der Waals surface area contributed by atoms with Crippen molar-refractivity contribution in [3.8, 4) is 11.3 Å². The fraction of sp³-hybridized carbons (Fsp3) is 0.0500. The third-order valence-corrected chi connectivity index (χ3v) is 4.14. The number of halogens is 3. The second kappa shape index (κ2) is 6.80. The largest absolute Gasteiger partial charge is 0.416 e. The Hall–Kier alpha value is -3.68. The first kappa shape index (κ1) is 17.7. The highest BCUT2D eigenvalue weighted by atomic mass is 19.4. The van der Waals surface area contributed by atoms with Gasteiger partial charge in [0.25, 0.3) is 5.91 Å². The highest BCUT2D eigenvalue weighted by Gasteiger charge is 2.30. The Morgan fingerprint density at radius 1 is 1.07 bits per heavy atom. The van der Waals surface area contributed by atoms with Gasteiger partial charge < -0.3 is 9.72 Å². The quantitative estimate of drug-likeness (QED) is 0.560. The molecule has 140 valence electrons. The summed E-state index contributed by atoms with van der Waals surface area (Å²) in [6.07, 6.45) is 1.89. The monoisotopic (exact) mass is 382 g/mol. The van der Waals surface area contributed by atoms with Crippen LogP contribution >= 0.6 is 0 Å². The van der Waals surface area contributed by atoms with Crippen LogP contribution in [-0.2, 0) is 6.18 Å². The number of carbonyl (C=O) groups excluding carboxylic acids is 1. The van der Waals surface area contributed by atoms with Gasteiger partial charge in [-0.25, -0.2) is 4.98 Å². The van der Waals surface area contributed by atoms with Crippen LogP contribution in [0.5, 0.6) is 0 Å². The number of pyridine rings is 2. The maximum atomic E-state index is 13.0. The van der Waals surface area contributed by atoms with Crippen LogP contribution in [0.1, 0.15) is 15.9 Å². The van der Waals surface area contributed by atoms with Gasteiger partial charge >= 0.3 is 6.18 Å². The fourth-order valence-corrected chi connectivity index (χ4v) is 2.80. The highest BCUT2D eigenvalue weighted by Crippen LogP contribution is 2.32. The molecule has 1 aromatic carbocycles. The van der Waals surface area contributed by atoms with Gasteiger partial charge in [-0.15, -0.1) is 0 Å². The van der Waals surface area contributed by atoms with Crippen LogP contribution in [0.25, 0.3) is 16.9 Å². The van der Waals surface area contributed by atoms with Crippen LogP contribution in [0.4, 0.5) is 18.9 Å². The number of aromatic nitrogens is 3. The highest BCUT2D eigenvalue weighted by molar-refractivity contribution is 6.05. The van der Waals surface area contributed by atoms with Crippen molar-refractivity contribution in [2.75, 3.05) is 5.32 Å². The fourth-order valence-electron chi connectivity index (χ4n) is 2.80. The maximum Gasteiger partial charge on any atom is 0.416 e. The van der Waals surface area contributed by atoms with Crippen molar-refractivity contribution in [2.24, 2.45) is 0 Å². The average molecular weight is 382 g/mol. The van der Waals surface area contributed by atoms with Crippen LogP contribution < -0.4 is 5.32 Å². The summed E-state index contributed by atoms with van der Waals surface area (Å²) < 4.78 is 40.6. The number of amides is 1. The first-order valence-electron chi connectivity index (χ1n) is 8.28. The molecule has 3 heterocycles. The predicted molar refractivity (Wildman–Crippen MR) is 97.8 cm³/mol. The molecule has 0 aliphatic carbocycles. The van der Waals surface area contributed by atoms with E-state index >= 15 is 0 Å². The summed E-state index contributed by atoms with van der Waals surface area (Å²) in [6, 6.07) is 11.6. The lowest BCUT2D eigenvalue weighted by molar-refractivity contribution is -0.137. The lowest BCUT2D eigenvalue weighted by Crippen LogP contribution is -2.12. The van der Waals surface area contributed by atoms with Gasteiger partial charge in [-0.2, -0.15) is 13.2 Å². The number of nitrogens with zero attached hydrogens (tertiary/aromatic N) is 3. The normalized spacial score (nSPS) is 11.5. The number of benzene rings is 1. The molecule has 0 atom stereocenters. The third kappa shape index (κ3) is 3.44. The van der Waals surface area contributed by atoms with Gasteiger partial charge in [0.1, 0.15) is 0 Å². The molecular weight excluding hydrogens is 369 g/mol. The van der Waals surface area contributed by atoms with Gasteiger partial charge in [0, 0.05) is 30.4 Å². The molecule has 5 nitrogen and oxygen atoms in total. The van der Waals surface area contributed by atoms with Crippen LogP contribution in [0, 0.1) is 0 Å². The Labute approximate surface area is 157 Å². The van der Waals surface area contributed by atoms with Crippen LogP contribution in [-0.4, -0.2) is 20.3 Å². The number of nitrogens with one attached hydrogen (secondary N) is 1. The van der Waals surface area contributed by atoms with E-state index in [2.05, 4.69) is 15.3 Å². The van der Waals surface area contributed by atoms with E-state index in [0.717, 1.165) is 12.1 Å². The number of hydrogen-bond donors (Lipinski definition) is 1. The first-order valence-corrected chi connectivity index (χ1v) is 8.28. The minimum atomic E-state index is -4.43. The van der Waals surface area contributed by atoms with Crippen molar-refractivity contribution in [2.45, 2.75) is 6.18 Å². The van der Waals surface area contributed by atoms with E-state index in [4.69, 9.17) is 0 Å². The predicted octanol–water partition coefficient (Wildman–Crippen LogP) is 4.67. The van der Waals surface area contributed by atoms with E-state index in [1.54, 1.807) is 53.3 Å². The van der Waals surface area contributed by atoms with Gasteiger partial charge in [-0.1, -0.05) is 12.1 Å². The van der Waals surface area contributed by atoms with Gasteiger partial charge in [0.15, 0.2) is 5.65 Å². The van der Waals surface area contributed by atoms with Crippen molar-refractivity contribution in [1.82, 2.24) is 14.4 Å². The summed E-state index contributed by atoms with van der Waals surface area (Å²) in [7, 11) is 0. The Bertz CT molecular complexity index is 1150. The Kier molecular flexibility index (Phi) is 4.31. The van der Waals surface area contributed by atoms with Crippen LogP contribution in [0.3, 0.4) is 0 Å². The number of imidazole rings is 1. The molecule has 0 saturated heterocycles. The van der Waals surface area contributed by atoms with Crippen LogP contribution in [0.15, 0.2) is 73.3 Å². The summed E-state index contributed by atoms with van der Waals surface area (Å²) in [5.74, 6) is -0.357. The summed E-state index contributed by atoms with van der Waals surface area (Å²) >= 11 is 0. The lowest BCUT2D eigenvalue weighted by Gasteiger charge is -2.07. The van der Waals surface area contributed by atoms with E-state index in [1.165, 1.54) is 12.3 Å². The number of fused-ring (bicyclic) bond motifs is 1. The van der Waals surface area contributed by atoms with E-state index in [1.807, 2.05) is 0 Å². The Morgan fingerprint density at radius 3 is 2.68 bits per heavy atom. The summed E-state index contributed by atoms with van der Waals surface area (Å²) in [6.45, 7) is 0. The zero-order valence-corrected chi connectivity index (χ0v) is 14.3. The molecule has 1 amide bonds. The zero-order valence-electron chi connectivity index (χ0n) is 14.3. The molecular formula is C20H13F3N4O. The summed E-state index contributed by atoms with van der Waals surface area (Å²) in [5.41, 5.74) is 1.21. The van der Waals surface area contributed by atoms with E-state index in [-0.39, 0.29) is 5.91 Å². The van der Waals surface area contributed by atoms with Gasteiger partial charge in [0.05, 0.1) is 22.5 Å². The van der Waals surface area contributed by atoms with Crippen molar-refractivity contribution < 1.29 is 18.0 Å². The number of carbonyl (C=O) groups is 1. The molecule has 8 heteroatoms. The smallest absolute Gasteiger partial charge is 0.319 e. The molecule has 4 aromatic rings. The maximum absolute atomic E-state index is 13.0. The summed E-state index contributed by atoms with van der Waals surface area (Å²) in [4.78, 5) is 20.7. The second-order valence-electron chi connectivity index (χ2n) is 6.05. The Morgan fingerprint density at radius 2 is 1.93 bits per heavy atom. The van der Waals surface area contributed by atoms with Crippen molar-refractivity contribution >= 4 is 17.2 Å². The van der Waals surface area contributed by atoms with Crippen LogP contribution in [0.2, 0.25) is 0 Å². The molecule has 0 aliphatic rings. The molecule has 0 unspecified atom stereocenters. The SMILES string of the molecule is O=C(Nc1cccn2cc(-c3cccc(C(F)(F)F)c3)nc12)c1cccnc1. The van der Waals surface area contributed by atoms with Gasteiger partial charge in [-0.05, 0) is 36.4 Å². The number of hydrogen-bond acceptors (Lipinski definition) is 3. The Balaban J connectivity index is 1.71. The lowest BCUT2D eigenvalue weighted by atomic mass is 10.1. The molecule has 4 rings (SSSR count). The number of anilines is 1. The topological polar surface area (TPSA) is 59.3 Å². The van der Waals surface area contributed by atoms with E-state index in [0.29, 0.717) is 28.2 Å². The molecule has 0 saturated carbocycles.